The number of likely N-dealkylation sites (N-methyl/N-ethyl adjacent to an activating group) is 1. The van der Waals surface area contributed by atoms with Crippen LogP contribution in [0.4, 0.5) is 23.1 Å². The van der Waals surface area contributed by atoms with Crippen molar-refractivity contribution in [2.75, 3.05) is 55.5 Å². The Morgan fingerprint density at radius 1 is 1.31 bits per heavy atom. The average Bonchev–Trinajstić information content (AvgIpc) is 3.41. The van der Waals surface area contributed by atoms with Gasteiger partial charge in [-0.05, 0) is 57.9 Å². The summed E-state index contributed by atoms with van der Waals surface area (Å²) in [5, 5.41) is 6.24. The Hall–Kier alpha value is -3.44. The van der Waals surface area contributed by atoms with Crippen LogP contribution in [0.5, 0.6) is 5.75 Å². The molecule has 1 aromatic carbocycles. The summed E-state index contributed by atoms with van der Waals surface area (Å²) >= 11 is 0. The molecular formula is C28H39N7O4. The normalized spacial score (nSPS) is 23.0. The van der Waals surface area contributed by atoms with Crippen molar-refractivity contribution in [2.45, 2.75) is 64.3 Å². The lowest BCUT2D eigenvalue weighted by Gasteiger charge is -2.42. The van der Waals surface area contributed by atoms with Crippen LogP contribution in [-0.2, 0) is 9.53 Å². The maximum Gasteiger partial charge on any atom is 0.251 e. The molecule has 3 aliphatic rings. The highest BCUT2D eigenvalue weighted by Gasteiger charge is 2.38. The van der Waals surface area contributed by atoms with Gasteiger partial charge in [0.25, 0.3) is 5.91 Å². The molecule has 2 amide bonds. The Kier molecular flexibility index (Phi) is 7.90. The van der Waals surface area contributed by atoms with Crippen molar-refractivity contribution in [1.29, 1.82) is 0 Å². The first-order chi connectivity index (χ1) is 18.8. The molecule has 0 aliphatic carbocycles. The van der Waals surface area contributed by atoms with E-state index >= 15 is 0 Å². The van der Waals surface area contributed by atoms with Gasteiger partial charge in [0.1, 0.15) is 17.5 Å². The van der Waals surface area contributed by atoms with Crippen LogP contribution in [-0.4, -0.2) is 91.3 Å². The number of ether oxygens (including phenoxy) is 2. The van der Waals surface area contributed by atoms with E-state index in [-0.39, 0.29) is 30.0 Å². The monoisotopic (exact) mass is 537 g/mol. The van der Waals surface area contributed by atoms with Gasteiger partial charge in [0.2, 0.25) is 11.9 Å². The number of methoxy groups -OCH3 is 1. The number of amides is 2. The molecule has 0 saturated carbocycles. The highest BCUT2D eigenvalue weighted by atomic mass is 16.5. The molecule has 11 heteroatoms. The molecule has 2 saturated heterocycles. The molecular weight excluding hydrogens is 498 g/mol. The van der Waals surface area contributed by atoms with Crippen molar-refractivity contribution in [2.24, 2.45) is 0 Å². The van der Waals surface area contributed by atoms with Crippen LogP contribution in [0.2, 0.25) is 0 Å². The van der Waals surface area contributed by atoms with Crippen LogP contribution in [0, 0.1) is 0 Å². The van der Waals surface area contributed by atoms with Gasteiger partial charge in [0.05, 0.1) is 31.7 Å². The van der Waals surface area contributed by atoms with Gasteiger partial charge in [0.15, 0.2) is 5.82 Å². The first-order valence-electron chi connectivity index (χ1n) is 13.8. The van der Waals surface area contributed by atoms with Gasteiger partial charge in [-0.25, -0.2) is 4.98 Å². The molecule has 3 atom stereocenters. The minimum absolute atomic E-state index is 0.000609. The Morgan fingerprint density at radius 3 is 2.87 bits per heavy atom. The molecule has 39 heavy (non-hydrogen) atoms. The van der Waals surface area contributed by atoms with Crippen molar-refractivity contribution in [3.63, 3.8) is 0 Å². The summed E-state index contributed by atoms with van der Waals surface area (Å²) < 4.78 is 11.6. The molecule has 2 N–H and O–H groups in total. The lowest BCUT2D eigenvalue weighted by atomic mass is 10.1. The molecule has 210 valence electrons. The van der Waals surface area contributed by atoms with E-state index in [9.17, 15) is 9.59 Å². The van der Waals surface area contributed by atoms with E-state index in [1.807, 2.05) is 6.92 Å². The maximum atomic E-state index is 12.9. The zero-order chi connectivity index (χ0) is 27.7. The zero-order valence-electron chi connectivity index (χ0n) is 23.4. The van der Waals surface area contributed by atoms with Crippen molar-refractivity contribution in [3.8, 4) is 5.75 Å². The minimum Gasteiger partial charge on any atom is -0.495 e. The quantitative estimate of drug-likeness (QED) is 0.525. The van der Waals surface area contributed by atoms with E-state index in [0.29, 0.717) is 53.5 Å². The summed E-state index contributed by atoms with van der Waals surface area (Å²) in [7, 11) is 3.32. The third-order valence-corrected chi connectivity index (χ3v) is 7.91. The van der Waals surface area contributed by atoms with Crippen molar-refractivity contribution >= 4 is 35.0 Å². The Bertz CT molecular complexity index is 1220. The summed E-state index contributed by atoms with van der Waals surface area (Å²) in [5.74, 6) is 1.44. The number of aromatic nitrogens is 2. The maximum absolute atomic E-state index is 12.9. The molecule has 2 fully saturated rings. The third kappa shape index (κ3) is 5.38. The fraction of sp³-hybridized carbons (Fsp3) is 0.571. The Balaban J connectivity index is 1.29. The van der Waals surface area contributed by atoms with E-state index in [0.717, 1.165) is 19.7 Å². The number of nitrogens with one attached hydrogen (secondary N) is 2. The number of fused-ring (bicyclic) bond motifs is 2. The topological polar surface area (TPSA) is 112 Å². The summed E-state index contributed by atoms with van der Waals surface area (Å²) in [4.78, 5) is 41.2. The number of carbonyl (C=O) groups excluding carboxylic acids is 2. The molecule has 5 rings (SSSR count). The second kappa shape index (κ2) is 11.4. The minimum atomic E-state index is -0.284. The van der Waals surface area contributed by atoms with E-state index in [1.54, 1.807) is 43.5 Å². The lowest BCUT2D eigenvalue weighted by molar-refractivity contribution is -0.120. The number of nitrogens with zero attached hydrogens (tertiary/aromatic N) is 5. The molecule has 0 bridgehead atoms. The second-order valence-corrected chi connectivity index (χ2v) is 10.7. The molecule has 0 unspecified atom stereocenters. The number of benzene rings is 1. The number of carbonyl (C=O) groups is 2. The molecule has 1 aromatic heterocycles. The van der Waals surface area contributed by atoms with Gasteiger partial charge >= 0.3 is 0 Å². The Labute approximate surface area is 229 Å². The highest BCUT2D eigenvalue weighted by molar-refractivity contribution is 6.04. The first-order valence-corrected chi connectivity index (χ1v) is 13.8. The molecule has 3 aliphatic heterocycles. The fourth-order valence-electron chi connectivity index (χ4n) is 5.81. The summed E-state index contributed by atoms with van der Waals surface area (Å²) in [6.07, 6.45) is 4.75. The van der Waals surface area contributed by atoms with Crippen molar-refractivity contribution in [3.05, 3.63) is 30.0 Å². The van der Waals surface area contributed by atoms with Crippen LogP contribution >= 0.6 is 0 Å². The molecule has 2 aromatic rings. The van der Waals surface area contributed by atoms with E-state index in [4.69, 9.17) is 14.5 Å². The highest BCUT2D eigenvalue weighted by Crippen LogP contribution is 2.37. The standard InChI is InChI=1S/C28H39N7O4/c1-6-22-27(37)33(4)23-14-30-28(32-25(23)35(22)17(2)3)31-21-10-9-18(12-24(21)38-5)26(36)29-13-20-15-34-11-7-8-19(34)16-39-20/h9-10,12,14,17,19-20,22H,6-8,11,13,15-16H2,1-5H3,(H,29,36)(H,30,31,32)/t19-,20-,22-/m1/s1. The molecule has 11 nitrogen and oxygen atoms in total. The molecule has 4 heterocycles. The van der Waals surface area contributed by atoms with Crippen LogP contribution in [0.3, 0.4) is 0 Å². The van der Waals surface area contributed by atoms with Crippen LogP contribution < -0.4 is 25.2 Å². The van der Waals surface area contributed by atoms with Gasteiger partial charge in [-0.3, -0.25) is 14.5 Å². The summed E-state index contributed by atoms with van der Waals surface area (Å²) in [6, 6.07) is 5.56. The molecule has 0 radical (unpaired) electrons. The van der Waals surface area contributed by atoms with Gasteiger partial charge < -0.3 is 29.9 Å². The summed E-state index contributed by atoms with van der Waals surface area (Å²) in [6.45, 7) is 9.28. The number of hydrogen-bond donors (Lipinski definition) is 2. The largest absolute Gasteiger partial charge is 0.495 e. The number of hydrogen-bond acceptors (Lipinski definition) is 9. The lowest BCUT2D eigenvalue weighted by Crippen LogP contribution is -2.54. The third-order valence-electron chi connectivity index (χ3n) is 7.91. The summed E-state index contributed by atoms with van der Waals surface area (Å²) in [5.41, 5.74) is 1.80. The first kappa shape index (κ1) is 27.1. The van der Waals surface area contributed by atoms with Crippen molar-refractivity contribution < 1.29 is 19.1 Å². The van der Waals surface area contributed by atoms with Crippen LogP contribution in [0.25, 0.3) is 0 Å². The number of anilines is 4. The predicted octanol–water partition coefficient (Wildman–Crippen LogP) is 2.79. The van der Waals surface area contributed by atoms with Crippen LogP contribution in [0.15, 0.2) is 24.4 Å². The van der Waals surface area contributed by atoms with Gasteiger partial charge in [-0.2, -0.15) is 4.98 Å². The SMILES string of the molecule is CC[C@@H]1C(=O)N(C)c2cnc(Nc3ccc(C(=O)NC[C@@H]4CN5CCC[C@@H]5CO4)cc3OC)nc2N1C(C)C. The van der Waals surface area contributed by atoms with E-state index in [1.165, 1.54) is 12.8 Å². The van der Waals surface area contributed by atoms with E-state index < -0.39 is 0 Å². The fourth-order valence-corrected chi connectivity index (χ4v) is 5.81. The van der Waals surface area contributed by atoms with Gasteiger partial charge in [0, 0.05) is 37.8 Å². The smallest absolute Gasteiger partial charge is 0.251 e. The van der Waals surface area contributed by atoms with Gasteiger partial charge in [-0.1, -0.05) is 6.92 Å². The Morgan fingerprint density at radius 2 is 2.13 bits per heavy atom. The zero-order valence-corrected chi connectivity index (χ0v) is 23.4. The second-order valence-electron chi connectivity index (χ2n) is 10.7. The number of rotatable bonds is 8. The van der Waals surface area contributed by atoms with Crippen LogP contribution in [0.1, 0.15) is 50.4 Å². The van der Waals surface area contributed by atoms with Crippen molar-refractivity contribution in [1.82, 2.24) is 20.2 Å². The van der Waals surface area contributed by atoms with E-state index in [2.05, 4.69) is 39.3 Å². The molecule has 0 spiro atoms. The number of morpholine rings is 1. The average molecular weight is 538 g/mol. The van der Waals surface area contributed by atoms with Gasteiger partial charge in [-0.15, -0.1) is 0 Å². The predicted molar refractivity (Wildman–Crippen MR) is 150 cm³/mol.